The minimum Gasteiger partial charge on any atom is -0.465 e. The molecule has 1 heterocycles. The maximum atomic E-state index is 14.9. The Morgan fingerprint density at radius 1 is 0.976 bits per heavy atom. The molecule has 2 N–H and O–H groups in total. The van der Waals surface area contributed by atoms with E-state index in [0.29, 0.717) is 31.8 Å². The van der Waals surface area contributed by atoms with Crippen LogP contribution in [-0.2, 0) is 19.1 Å². The van der Waals surface area contributed by atoms with Gasteiger partial charge < -0.3 is 25.0 Å². The van der Waals surface area contributed by atoms with E-state index in [9.17, 15) is 23.6 Å². The first kappa shape index (κ1) is 31.8. The molecule has 232 valence electrons. The summed E-state index contributed by atoms with van der Waals surface area (Å²) in [7, 11) is 1.22. The van der Waals surface area contributed by atoms with Crippen LogP contribution in [0.15, 0.2) is 18.2 Å². The smallest absolute Gasteiger partial charge is 0.407 e. The first-order valence-corrected chi connectivity index (χ1v) is 15.4. The molecule has 0 bridgehead atoms. The zero-order valence-electron chi connectivity index (χ0n) is 25.4. The van der Waals surface area contributed by atoms with Crippen molar-refractivity contribution >= 4 is 29.6 Å². The Kier molecular flexibility index (Phi) is 10.5. The number of nitrogens with one attached hydrogen (secondary N) is 2. The van der Waals surface area contributed by atoms with Gasteiger partial charge in [0.2, 0.25) is 11.8 Å². The lowest BCUT2D eigenvalue weighted by Gasteiger charge is -2.36. The van der Waals surface area contributed by atoms with E-state index in [2.05, 4.69) is 15.4 Å². The van der Waals surface area contributed by atoms with Gasteiger partial charge in [-0.1, -0.05) is 32.1 Å². The Morgan fingerprint density at radius 3 is 2.29 bits per heavy atom. The molecule has 3 fully saturated rings. The second-order valence-electron chi connectivity index (χ2n) is 13.1. The maximum Gasteiger partial charge on any atom is 0.407 e. The monoisotopic (exact) mass is 587 g/mol. The second kappa shape index (κ2) is 13.9. The van der Waals surface area contributed by atoms with Crippen LogP contribution in [0.5, 0.6) is 0 Å². The molecule has 9 nitrogen and oxygen atoms in total. The van der Waals surface area contributed by atoms with E-state index in [0.717, 1.165) is 51.0 Å². The average Bonchev–Trinajstić information content (AvgIpc) is 3.41. The number of likely N-dealkylation sites (tertiary alicyclic amines) is 1. The summed E-state index contributed by atoms with van der Waals surface area (Å²) >= 11 is 0. The lowest BCUT2D eigenvalue weighted by atomic mass is 9.76. The molecule has 0 radical (unpaired) electrons. The highest BCUT2D eigenvalue weighted by atomic mass is 19.1. The number of methoxy groups -OCH3 is 1. The van der Waals surface area contributed by atoms with E-state index >= 15 is 0 Å². The summed E-state index contributed by atoms with van der Waals surface area (Å²) in [5, 5.41) is 5.58. The van der Waals surface area contributed by atoms with Gasteiger partial charge in [-0.3, -0.25) is 9.59 Å². The van der Waals surface area contributed by atoms with Crippen molar-refractivity contribution in [3.05, 3.63) is 29.6 Å². The number of hydrogen-bond donors (Lipinski definition) is 2. The highest BCUT2D eigenvalue weighted by Gasteiger charge is 2.47. The molecule has 1 aromatic carbocycles. The van der Waals surface area contributed by atoms with Gasteiger partial charge in [0.25, 0.3) is 0 Å². The van der Waals surface area contributed by atoms with Crippen molar-refractivity contribution in [3.8, 4) is 0 Å². The molecule has 4 rings (SSSR count). The number of amides is 3. The van der Waals surface area contributed by atoms with Gasteiger partial charge in [-0.05, 0) is 88.8 Å². The highest BCUT2D eigenvalue weighted by Crippen LogP contribution is 2.41. The Labute approximate surface area is 248 Å². The van der Waals surface area contributed by atoms with Gasteiger partial charge in [-0.25, -0.2) is 14.0 Å². The Balaban J connectivity index is 1.42. The fraction of sp³-hybridized carbons (Fsp3) is 0.688. The van der Waals surface area contributed by atoms with Crippen LogP contribution in [0.1, 0.15) is 95.3 Å². The molecule has 0 spiro atoms. The van der Waals surface area contributed by atoms with Crippen LogP contribution in [0, 0.1) is 29.5 Å². The normalized spacial score (nSPS) is 25.0. The van der Waals surface area contributed by atoms with Crippen LogP contribution < -0.4 is 10.6 Å². The molecular formula is C32H46FN3O6. The molecular weight excluding hydrogens is 541 g/mol. The number of benzene rings is 1. The van der Waals surface area contributed by atoms with Crippen molar-refractivity contribution in [1.82, 2.24) is 10.2 Å². The van der Waals surface area contributed by atoms with Crippen LogP contribution in [-0.4, -0.2) is 60.6 Å². The second-order valence-corrected chi connectivity index (χ2v) is 13.1. The van der Waals surface area contributed by atoms with Crippen molar-refractivity contribution in [1.29, 1.82) is 0 Å². The molecule has 1 aliphatic heterocycles. The standard InChI is InChI=1S/C32H46FN3O6/c1-32(2,3)42-31(40)34-19-20-10-12-22(13-11-20)29(38)36-17-16-24(21-8-6-5-7-9-21)27(36)28(37)35-26-15-14-23(18-25(26)33)30(39)41-4/h14-15,18,20-22,24,27H,5-13,16-17,19H2,1-4H3,(H,34,40)(H,35,37)/t20-,22-,24-,27-/m0/s1. The zero-order valence-corrected chi connectivity index (χ0v) is 25.4. The van der Waals surface area contributed by atoms with Gasteiger partial charge in [0.1, 0.15) is 17.5 Å². The number of hydrogen-bond acceptors (Lipinski definition) is 6. The molecule has 3 aliphatic rings. The summed E-state index contributed by atoms with van der Waals surface area (Å²) in [5.74, 6) is -1.30. The van der Waals surface area contributed by atoms with Crippen LogP contribution in [0.3, 0.4) is 0 Å². The van der Waals surface area contributed by atoms with E-state index < -0.39 is 29.5 Å². The van der Waals surface area contributed by atoms with Crippen molar-refractivity contribution in [2.75, 3.05) is 25.5 Å². The number of esters is 1. The topological polar surface area (TPSA) is 114 Å². The van der Waals surface area contributed by atoms with Gasteiger partial charge in [0.05, 0.1) is 18.4 Å². The van der Waals surface area contributed by atoms with Crippen molar-refractivity contribution in [3.63, 3.8) is 0 Å². The average molecular weight is 588 g/mol. The molecule has 1 aromatic rings. The van der Waals surface area contributed by atoms with Gasteiger partial charge in [0, 0.05) is 19.0 Å². The van der Waals surface area contributed by atoms with E-state index in [1.54, 1.807) is 4.90 Å². The number of anilines is 1. The van der Waals surface area contributed by atoms with E-state index in [-0.39, 0.29) is 40.8 Å². The zero-order chi connectivity index (χ0) is 30.4. The molecule has 3 amide bonds. The number of carbonyl (C=O) groups excluding carboxylic acids is 4. The predicted molar refractivity (Wildman–Crippen MR) is 156 cm³/mol. The lowest BCUT2D eigenvalue weighted by molar-refractivity contribution is -0.142. The fourth-order valence-corrected chi connectivity index (χ4v) is 6.91. The molecule has 2 aliphatic carbocycles. The summed E-state index contributed by atoms with van der Waals surface area (Å²) in [4.78, 5) is 53.2. The molecule has 10 heteroatoms. The molecule has 42 heavy (non-hydrogen) atoms. The lowest BCUT2D eigenvalue weighted by Crippen LogP contribution is -2.50. The number of nitrogens with zero attached hydrogens (tertiary/aromatic N) is 1. The largest absolute Gasteiger partial charge is 0.465 e. The molecule has 2 atom stereocenters. The van der Waals surface area contributed by atoms with Crippen molar-refractivity contribution in [2.45, 2.75) is 96.6 Å². The fourth-order valence-electron chi connectivity index (χ4n) is 6.91. The van der Waals surface area contributed by atoms with Gasteiger partial charge in [0.15, 0.2) is 0 Å². The number of carbonyl (C=O) groups is 4. The highest BCUT2D eigenvalue weighted by molar-refractivity contribution is 5.99. The SMILES string of the molecule is COC(=O)c1ccc(NC(=O)[C@@H]2[C@H](C3CCCCC3)CCN2C(=O)[C@H]2CC[C@H](CNC(=O)OC(C)(C)C)CC2)c(F)c1. The summed E-state index contributed by atoms with van der Waals surface area (Å²) < 4.78 is 24.9. The first-order valence-electron chi connectivity index (χ1n) is 15.4. The van der Waals surface area contributed by atoms with Crippen molar-refractivity contribution < 1.29 is 33.0 Å². The summed E-state index contributed by atoms with van der Waals surface area (Å²) in [6.07, 6.45) is 8.83. The van der Waals surface area contributed by atoms with Crippen LogP contribution in [0.25, 0.3) is 0 Å². The quantitative estimate of drug-likeness (QED) is 0.397. The van der Waals surface area contributed by atoms with Gasteiger partial charge in [-0.15, -0.1) is 0 Å². The Hall–Kier alpha value is -3.17. The third-order valence-corrected chi connectivity index (χ3v) is 9.03. The minimum absolute atomic E-state index is 0.00600. The van der Waals surface area contributed by atoms with Crippen LogP contribution in [0.4, 0.5) is 14.9 Å². The number of rotatable bonds is 7. The minimum atomic E-state index is -0.727. The third kappa shape index (κ3) is 8.01. The maximum absolute atomic E-state index is 14.9. The predicted octanol–water partition coefficient (Wildman–Crippen LogP) is 5.68. The van der Waals surface area contributed by atoms with E-state index in [1.165, 1.54) is 25.7 Å². The Bertz CT molecular complexity index is 1140. The van der Waals surface area contributed by atoms with E-state index in [1.807, 2.05) is 20.8 Å². The summed E-state index contributed by atoms with van der Waals surface area (Å²) in [6, 6.07) is 3.17. The molecule has 2 saturated carbocycles. The van der Waals surface area contributed by atoms with Crippen molar-refractivity contribution in [2.24, 2.45) is 23.7 Å². The molecule has 1 saturated heterocycles. The van der Waals surface area contributed by atoms with Gasteiger partial charge >= 0.3 is 12.1 Å². The summed E-state index contributed by atoms with van der Waals surface area (Å²) in [5.41, 5.74) is -0.518. The van der Waals surface area contributed by atoms with Crippen LogP contribution in [0.2, 0.25) is 0 Å². The first-order chi connectivity index (χ1) is 20.0. The molecule has 0 aromatic heterocycles. The number of ether oxygens (including phenoxy) is 2. The summed E-state index contributed by atoms with van der Waals surface area (Å²) in [6.45, 7) is 6.50. The van der Waals surface area contributed by atoms with E-state index in [4.69, 9.17) is 4.74 Å². The number of alkyl carbamates (subject to hydrolysis) is 1. The third-order valence-electron chi connectivity index (χ3n) is 9.03. The number of halogens is 1. The van der Waals surface area contributed by atoms with Crippen LogP contribution >= 0.6 is 0 Å². The molecule has 0 unspecified atom stereocenters. The van der Waals surface area contributed by atoms with Gasteiger partial charge in [-0.2, -0.15) is 0 Å². The Morgan fingerprint density at radius 2 is 1.67 bits per heavy atom.